The van der Waals surface area contributed by atoms with Crippen LogP contribution in [0.15, 0.2) is 5.38 Å². The fraction of sp³-hybridized carbons (Fsp3) is 0.750. The Balaban J connectivity index is 1.76. The van der Waals surface area contributed by atoms with Crippen molar-refractivity contribution in [2.24, 2.45) is 5.41 Å². The number of hydrogen-bond acceptors (Lipinski definition) is 4. The van der Waals surface area contributed by atoms with Crippen LogP contribution in [0.1, 0.15) is 43.3 Å². The van der Waals surface area contributed by atoms with Crippen LogP contribution in [-0.4, -0.2) is 23.2 Å². The smallest absolute Gasteiger partial charge is 0.0959 e. The van der Waals surface area contributed by atoms with Gasteiger partial charge in [-0.25, -0.2) is 4.98 Å². The first-order valence-electron chi connectivity index (χ1n) is 5.86. The summed E-state index contributed by atoms with van der Waals surface area (Å²) in [4.78, 5) is 4.61. The first kappa shape index (κ1) is 12.0. The third-order valence-electron chi connectivity index (χ3n) is 2.83. The molecular formula is C12H20N2OS. The highest BCUT2D eigenvalue weighted by molar-refractivity contribution is 7.09. The number of nitrogens with one attached hydrogen (secondary N) is 1. The first-order valence-corrected chi connectivity index (χ1v) is 6.74. The summed E-state index contributed by atoms with van der Waals surface area (Å²) in [5, 5.41) is 15.9. The average molecular weight is 240 g/mol. The van der Waals surface area contributed by atoms with Crippen molar-refractivity contribution in [3.63, 3.8) is 0 Å². The number of hydrogen-bond donors (Lipinski definition) is 2. The molecule has 1 aliphatic rings. The molecule has 0 aromatic carbocycles. The maximum Gasteiger partial charge on any atom is 0.0959 e. The molecule has 1 aliphatic carbocycles. The second kappa shape index (κ2) is 4.82. The van der Waals surface area contributed by atoms with Crippen LogP contribution >= 0.6 is 11.3 Å². The molecule has 0 atom stereocenters. The van der Waals surface area contributed by atoms with Gasteiger partial charge < -0.3 is 10.4 Å². The standard InChI is InChI=1S/C12H20N2OS/c1-12(2,8-15)7-13-5-10-6-16-11(14-10)9-3-4-9/h6,9,13,15H,3-5,7-8H2,1-2H3. The van der Waals surface area contributed by atoms with Crippen LogP contribution in [0.3, 0.4) is 0 Å². The molecule has 0 radical (unpaired) electrons. The van der Waals surface area contributed by atoms with E-state index in [1.165, 1.54) is 17.8 Å². The molecule has 0 aliphatic heterocycles. The van der Waals surface area contributed by atoms with E-state index in [-0.39, 0.29) is 12.0 Å². The summed E-state index contributed by atoms with van der Waals surface area (Å²) in [6, 6.07) is 0. The van der Waals surface area contributed by atoms with Gasteiger partial charge in [0.05, 0.1) is 10.7 Å². The topological polar surface area (TPSA) is 45.1 Å². The van der Waals surface area contributed by atoms with E-state index < -0.39 is 0 Å². The molecule has 90 valence electrons. The average Bonchev–Trinajstić information content (AvgIpc) is 3.00. The van der Waals surface area contributed by atoms with Crippen LogP contribution in [0.2, 0.25) is 0 Å². The fourth-order valence-corrected chi connectivity index (χ4v) is 2.50. The minimum absolute atomic E-state index is 0.0463. The summed E-state index contributed by atoms with van der Waals surface area (Å²) in [5.41, 5.74) is 1.09. The van der Waals surface area contributed by atoms with Crippen molar-refractivity contribution in [2.45, 2.75) is 39.2 Å². The lowest BCUT2D eigenvalue weighted by molar-refractivity contribution is 0.156. The molecule has 1 heterocycles. The Hall–Kier alpha value is -0.450. The van der Waals surface area contributed by atoms with E-state index in [1.807, 2.05) is 0 Å². The van der Waals surface area contributed by atoms with Gasteiger partial charge >= 0.3 is 0 Å². The van der Waals surface area contributed by atoms with E-state index >= 15 is 0 Å². The number of aliphatic hydroxyl groups excluding tert-OH is 1. The summed E-state index contributed by atoms with van der Waals surface area (Å²) in [5.74, 6) is 0.757. The Labute approximate surface area is 101 Å². The molecule has 0 bridgehead atoms. The zero-order valence-corrected chi connectivity index (χ0v) is 10.8. The Morgan fingerprint density at radius 1 is 1.56 bits per heavy atom. The second-order valence-electron chi connectivity index (χ2n) is 5.38. The molecule has 1 saturated carbocycles. The van der Waals surface area contributed by atoms with Crippen molar-refractivity contribution in [2.75, 3.05) is 13.2 Å². The molecule has 1 aromatic heterocycles. The molecule has 1 aromatic rings. The normalized spacial score (nSPS) is 16.7. The molecule has 0 amide bonds. The van der Waals surface area contributed by atoms with Crippen molar-refractivity contribution in [1.82, 2.24) is 10.3 Å². The SMILES string of the molecule is CC(C)(CO)CNCc1csc(C2CC2)n1. The highest BCUT2D eigenvalue weighted by atomic mass is 32.1. The van der Waals surface area contributed by atoms with Crippen molar-refractivity contribution in [3.8, 4) is 0 Å². The Morgan fingerprint density at radius 3 is 2.94 bits per heavy atom. The number of aliphatic hydroxyl groups is 1. The predicted molar refractivity (Wildman–Crippen MR) is 66.7 cm³/mol. The molecule has 3 nitrogen and oxygen atoms in total. The van der Waals surface area contributed by atoms with E-state index in [1.54, 1.807) is 11.3 Å². The third-order valence-corrected chi connectivity index (χ3v) is 3.89. The summed E-state index contributed by atoms with van der Waals surface area (Å²) in [6.07, 6.45) is 2.63. The number of aromatic nitrogens is 1. The van der Waals surface area contributed by atoms with Crippen molar-refractivity contribution < 1.29 is 5.11 Å². The largest absolute Gasteiger partial charge is 0.396 e. The minimum Gasteiger partial charge on any atom is -0.396 e. The number of nitrogens with zero attached hydrogens (tertiary/aromatic N) is 1. The summed E-state index contributed by atoms with van der Waals surface area (Å²) in [7, 11) is 0. The Kier molecular flexibility index (Phi) is 3.62. The summed E-state index contributed by atoms with van der Waals surface area (Å²) < 4.78 is 0. The summed E-state index contributed by atoms with van der Waals surface area (Å²) >= 11 is 1.78. The van der Waals surface area contributed by atoms with Gasteiger partial charge in [-0.05, 0) is 12.8 Å². The molecule has 0 unspecified atom stereocenters. The minimum atomic E-state index is -0.0463. The lowest BCUT2D eigenvalue weighted by Gasteiger charge is -2.21. The van der Waals surface area contributed by atoms with E-state index in [0.717, 1.165) is 24.7 Å². The monoisotopic (exact) mass is 240 g/mol. The number of rotatable bonds is 6. The maximum absolute atomic E-state index is 9.12. The van der Waals surface area contributed by atoms with E-state index in [2.05, 4.69) is 29.5 Å². The third kappa shape index (κ3) is 3.27. The summed E-state index contributed by atoms with van der Waals surface area (Å²) in [6.45, 7) is 5.95. The Bertz CT molecular complexity index is 345. The molecule has 0 saturated heterocycles. The highest BCUT2D eigenvalue weighted by Crippen LogP contribution is 2.41. The van der Waals surface area contributed by atoms with Gasteiger partial charge in [0, 0.05) is 36.4 Å². The molecule has 2 N–H and O–H groups in total. The van der Waals surface area contributed by atoms with Gasteiger partial charge in [-0.3, -0.25) is 0 Å². The van der Waals surface area contributed by atoms with Crippen LogP contribution in [0.5, 0.6) is 0 Å². The quantitative estimate of drug-likeness (QED) is 0.800. The van der Waals surface area contributed by atoms with Gasteiger partial charge in [0.15, 0.2) is 0 Å². The first-order chi connectivity index (χ1) is 7.61. The van der Waals surface area contributed by atoms with Crippen molar-refractivity contribution in [3.05, 3.63) is 16.1 Å². The predicted octanol–water partition coefficient (Wildman–Crippen LogP) is 2.13. The van der Waals surface area contributed by atoms with Crippen LogP contribution in [0, 0.1) is 5.41 Å². The van der Waals surface area contributed by atoms with Gasteiger partial charge in [-0.15, -0.1) is 11.3 Å². The molecule has 0 spiro atoms. The zero-order chi connectivity index (χ0) is 11.6. The molecule has 16 heavy (non-hydrogen) atoms. The highest BCUT2D eigenvalue weighted by Gasteiger charge is 2.26. The van der Waals surface area contributed by atoms with Crippen LogP contribution < -0.4 is 5.32 Å². The Morgan fingerprint density at radius 2 is 2.31 bits per heavy atom. The maximum atomic E-state index is 9.12. The van der Waals surface area contributed by atoms with E-state index in [4.69, 9.17) is 5.11 Å². The van der Waals surface area contributed by atoms with Gasteiger partial charge in [0.25, 0.3) is 0 Å². The van der Waals surface area contributed by atoms with Crippen LogP contribution in [-0.2, 0) is 6.54 Å². The molecule has 2 rings (SSSR count). The van der Waals surface area contributed by atoms with Crippen molar-refractivity contribution >= 4 is 11.3 Å². The van der Waals surface area contributed by atoms with Crippen LogP contribution in [0.4, 0.5) is 0 Å². The van der Waals surface area contributed by atoms with Gasteiger partial charge in [-0.2, -0.15) is 0 Å². The lowest BCUT2D eigenvalue weighted by Crippen LogP contribution is -2.31. The van der Waals surface area contributed by atoms with Crippen LogP contribution in [0.25, 0.3) is 0 Å². The zero-order valence-electron chi connectivity index (χ0n) is 9.99. The van der Waals surface area contributed by atoms with E-state index in [0.29, 0.717) is 0 Å². The molecular weight excluding hydrogens is 220 g/mol. The molecule has 1 fully saturated rings. The van der Waals surface area contributed by atoms with Gasteiger partial charge in [-0.1, -0.05) is 13.8 Å². The lowest BCUT2D eigenvalue weighted by atomic mass is 9.95. The van der Waals surface area contributed by atoms with Gasteiger partial charge in [0.1, 0.15) is 0 Å². The molecule has 4 heteroatoms. The fourth-order valence-electron chi connectivity index (χ4n) is 1.51. The second-order valence-corrected chi connectivity index (χ2v) is 6.27. The number of thiazole rings is 1. The van der Waals surface area contributed by atoms with Crippen molar-refractivity contribution in [1.29, 1.82) is 0 Å². The van der Waals surface area contributed by atoms with E-state index in [9.17, 15) is 0 Å². The van der Waals surface area contributed by atoms with Gasteiger partial charge in [0.2, 0.25) is 0 Å².